The molecular formula is C14H14BrFN2. The smallest absolute Gasteiger partial charge is 0.124 e. The number of likely N-dealkylation sites (N-methyl/N-ethyl adjacent to an activating group) is 1. The molecule has 2 nitrogen and oxygen atoms in total. The molecular weight excluding hydrogens is 295 g/mol. The minimum absolute atomic E-state index is 0.106. The zero-order valence-electron chi connectivity index (χ0n) is 10.0. The quantitative estimate of drug-likeness (QED) is 0.935. The van der Waals surface area contributed by atoms with Gasteiger partial charge in [0, 0.05) is 28.8 Å². The standard InChI is InChI=1S/C14H14BrFN2/c1-17-14(9-11-4-2-3-7-18-11)12-6-5-10(16)8-13(12)15/h2-8,14,17H,9H2,1H3. The van der Waals surface area contributed by atoms with Crippen molar-refractivity contribution in [3.05, 3.63) is 64.1 Å². The second-order valence-corrected chi connectivity index (χ2v) is 4.89. The Morgan fingerprint density at radius 2 is 2.17 bits per heavy atom. The summed E-state index contributed by atoms with van der Waals surface area (Å²) in [6.07, 6.45) is 2.54. The fourth-order valence-corrected chi connectivity index (χ4v) is 2.51. The molecule has 1 atom stereocenters. The van der Waals surface area contributed by atoms with Crippen molar-refractivity contribution in [2.75, 3.05) is 7.05 Å². The Hall–Kier alpha value is -1.26. The Morgan fingerprint density at radius 3 is 2.78 bits per heavy atom. The lowest BCUT2D eigenvalue weighted by atomic mass is 10.0. The average molecular weight is 309 g/mol. The van der Waals surface area contributed by atoms with Crippen LogP contribution in [0.1, 0.15) is 17.3 Å². The van der Waals surface area contributed by atoms with Gasteiger partial charge in [0.25, 0.3) is 0 Å². The number of pyridine rings is 1. The molecule has 0 bridgehead atoms. The molecule has 0 amide bonds. The maximum atomic E-state index is 13.1. The van der Waals surface area contributed by atoms with Crippen LogP contribution in [0.3, 0.4) is 0 Å². The van der Waals surface area contributed by atoms with Gasteiger partial charge in [0.2, 0.25) is 0 Å². The third-order valence-corrected chi connectivity index (χ3v) is 3.51. The molecule has 0 saturated carbocycles. The molecule has 0 aliphatic rings. The molecule has 4 heteroatoms. The fourth-order valence-electron chi connectivity index (χ4n) is 1.88. The predicted octanol–water partition coefficient (Wildman–Crippen LogP) is 3.49. The molecule has 0 radical (unpaired) electrons. The second-order valence-electron chi connectivity index (χ2n) is 4.03. The summed E-state index contributed by atoms with van der Waals surface area (Å²) in [6, 6.07) is 10.7. The van der Waals surface area contributed by atoms with E-state index in [4.69, 9.17) is 0 Å². The highest BCUT2D eigenvalue weighted by atomic mass is 79.9. The van der Waals surface area contributed by atoms with Crippen molar-refractivity contribution in [1.29, 1.82) is 0 Å². The fraction of sp³-hybridized carbons (Fsp3) is 0.214. The van der Waals surface area contributed by atoms with Gasteiger partial charge in [-0.15, -0.1) is 0 Å². The first kappa shape index (κ1) is 13.2. The number of aromatic nitrogens is 1. The monoisotopic (exact) mass is 308 g/mol. The average Bonchev–Trinajstić information content (AvgIpc) is 2.38. The van der Waals surface area contributed by atoms with E-state index >= 15 is 0 Å². The van der Waals surface area contributed by atoms with Crippen LogP contribution in [0.5, 0.6) is 0 Å². The van der Waals surface area contributed by atoms with Crippen LogP contribution in [0, 0.1) is 5.82 Å². The number of benzene rings is 1. The van der Waals surface area contributed by atoms with Gasteiger partial charge in [0.15, 0.2) is 0 Å². The summed E-state index contributed by atoms with van der Waals surface area (Å²) in [6.45, 7) is 0. The van der Waals surface area contributed by atoms with Gasteiger partial charge in [-0.3, -0.25) is 4.98 Å². The van der Waals surface area contributed by atoms with E-state index in [0.29, 0.717) is 0 Å². The van der Waals surface area contributed by atoms with E-state index in [2.05, 4.69) is 26.2 Å². The van der Waals surface area contributed by atoms with E-state index < -0.39 is 0 Å². The van der Waals surface area contributed by atoms with E-state index in [1.165, 1.54) is 12.1 Å². The first-order valence-electron chi connectivity index (χ1n) is 5.73. The molecule has 18 heavy (non-hydrogen) atoms. The largest absolute Gasteiger partial charge is 0.313 e. The molecule has 2 aromatic rings. The van der Waals surface area contributed by atoms with Crippen LogP contribution in [0.2, 0.25) is 0 Å². The highest BCUT2D eigenvalue weighted by Gasteiger charge is 2.14. The Balaban J connectivity index is 2.23. The molecule has 0 fully saturated rings. The van der Waals surface area contributed by atoms with Gasteiger partial charge in [-0.25, -0.2) is 4.39 Å². The van der Waals surface area contributed by atoms with Crippen molar-refractivity contribution in [1.82, 2.24) is 10.3 Å². The van der Waals surface area contributed by atoms with Crippen LogP contribution >= 0.6 is 15.9 Å². The molecule has 94 valence electrons. The first-order valence-corrected chi connectivity index (χ1v) is 6.52. The van der Waals surface area contributed by atoms with Gasteiger partial charge in [0.1, 0.15) is 5.82 Å². The summed E-state index contributed by atoms with van der Waals surface area (Å²) in [5.41, 5.74) is 2.04. The number of nitrogens with zero attached hydrogens (tertiary/aromatic N) is 1. The number of halogens is 2. The molecule has 0 spiro atoms. The zero-order chi connectivity index (χ0) is 13.0. The number of hydrogen-bond acceptors (Lipinski definition) is 2. The van der Waals surface area contributed by atoms with Crippen molar-refractivity contribution in [3.63, 3.8) is 0 Å². The third-order valence-electron chi connectivity index (χ3n) is 2.83. The van der Waals surface area contributed by atoms with Gasteiger partial charge in [-0.1, -0.05) is 28.1 Å². The summed E-state index contributed by atoms with van der Waals surface area (Å²) in [5.74, 6) is -0.238. The van der Waals surface area contributed by atoms with Crippen LogP contribution < -0.4 is 5.32 Å². The number of hydrogen-bond donors (Lipinski definition) is 1. The van der Waals surface area contributed by atoms with Gasteiger partial charge >= 0.3 is 0 Å². The van der Waals surface area contributed by atoms with Crippen molar-refractivity contribution < 1.29 is 4.39 Å². The summed E-state index contributed by atoms with van der Waals surface area (Å²) >= 11 is 3.40. The second kappa shape index (κ2) is 6.07. The molecule has 0 aliphatic carbocycles. The summed E-state index contributed by atoms with van der Waals surface area (Å²) < 4.78 is 13.9. The van der Waals surface area contributed by atoms with E-state index in [-0.39, 0.29) is 11.9 Å². The topological polar surface area (TPSA) is 24.9 Å². The highest BCUT2D eigenvalue weighted by molar-refractivity contribution is 9.10. The Bertz CT molecular complexity index is 516. The molecule has 1 aromatic heterocycles. The van der Waals surface area contributed by atoms with Gasteiger partial charge < -0.3 is 5.32 Å². The van der Waals surface area contributed by atoms with E-state index in [1.54, 1.807) is 12.3 Å². The third kappa shape index (κ3) is 3.15. The highest BCUT2D eigenvalue weighted by Crippen LogP contribution is 2.26. The van der Waals surface area contributed by atoms with Gasteiger partial charge in [-0.05, 0) is 36.9 Å². The van der Waals surface area contributed by atoms with E-state index in [9.17, 15) is 4.39 Å². The minimum atomic E-state index is -0.238. The molecule has 0 aliphatic heterocycles. The predicted molar refractivity (Wildman–Crippen MR) is 73.8 cm³/mol. The Labute approximate surface area is 114 Å². The minimum Gasteiger partial charge on any atom is -0.313 e. The lowest BCUT2D eigenvalue weighted by molar-refractivity contribution is 0.576. The Kier molecular flexibility index (Phi) is 4.44. The molecule has 1 N–H and O–H groups in total. The first-order chi connectivity index (χ1) is 8.70. The summed E-state index contributed by atoms with van der Waals surface area (Å²) in [4.78, 5) is 4.31. The maximum Gasteiger partial charge on any atom is 0.124 e. The van der Waals surface area contributed by atoms with Gasteiger partial charge in [0.05, 0.1) is 0 Å². The lowest BCUT2D eigenvalue weighted by Crippen LogP contribution is -2.19. The lowest BCUT2D eigenvalue weighted by Gasteiger charge is -2.17. The van der Waals surface area contributed by atoms with Crippen molar-refractivity contribution in [3.8, 4) is 0 Å². The molecule has 0 saturated heterocycles. The number of nitrogens with one attached hydrogen (secondary N) is 1. The summed E-state index contributed by atoms with van der Waals surface area (Å²) in [7, 11) is 1.89. The molecule has 1 heterocycles. The van der Waals surface area contributed by atoms with Crippen molar-refractivity contribution >= 4 is 15.9 Å². The van der Waals surface area contributed by atoms with E-state index in [0.717, 1.165) is 22.2 Å². The Morgan fingerprint density at radius 1 is 1.33 bits per heavy atom. The molecule has 1 unspecified atom stereocenters. The van der Waals surface area contributed by atoms with Crippen LogP contribution in [-0.2, 0) is 6.42 Å². The molecule has 1 aromatic carbocycles. The summed E-state index contributed by atoms with van der Waals surface area (Å²) in [5, 5.41) is 3.23. The number of rotatable bonds is 4. The van der Waals surface area contributed by atoms with E-state index in [1.807, 2.05) is 25.2 Å². The van der Waals surface area contributed by atoms with Crippen LogP contribution in [0.25, 0.3) is 0 Å². The SMILES string of the molecule is CNC(Cc1ccccn1)c1ccc(F)cc1Br. The zero-order valence-corrected chi connectivity index (χ0v) is 11.6. The normalized spacial score (nSPS) is 12.4. The van der Waals surface area contributed by atoms with Crippen LogP contribution in [0.4, 0.5) is 4.39 Å². The van der Waals surface area contributed by atoms with Crippen LogP contribution in [-0.4, -0.2) is 12.0 Å². The van der Waals surface area contributed by atoms with Crippen molar-refractivity contribution in [2.45, 2.75) is 12.5 Å². The van der Waals surface area contributed by atoms with Crippen LogP contribution in [0.15, 0.2) is 47.1 Å². The maximum absolute atomic E-state index is 13.1. The van der Waals surface area contributed by atoms with Crippen molar-refractivity contribution in [2.24, 2.45) is 0 Å². The van der Waals surface area contributed by atoms with Gasteiger partial charge in [-0.2, -0.15) is 0 Å². The molecule has 2 rings (SSSR count).